The summed E-state index contributed by atoms with van der Waals surface area (Å²) in [4.78, 5) is 0. The number of nitrogens with one attached hydrogen (secondary N) is 1. The van der Waals surface area contributed by atoms with Crippen molar-refractivity contribution < 1.29 is 5.11 Å². The molecule has 1 rings (SSSR count). The zero-order chi connectivity index (χ0) is 9.68. The normalized spacial score (nSPS) is 19.4. The van der Waals surface area contributed by atoms with E-state index in [1.165, 1.54) is 25.7 Å². The van der Waals surface area contributed by atoms with E-state index in [0.29, 0.717) is 5.92 Å². The quantitative estimate of drug-likeness (QED) is 0.593. The second kappa shape index (κ2) is 5.61. The van der Waals surface area contributed by atoms with Crippen LogP contribution >= 0.6 is 0 Å². The minimum Gasteiger partial charge on any atom is -0.392 e. The molecule has 0 aromatic rings. The molecule has 0 heterocycles. The van der Waals surface area contributed by atoms with Gasteiger partial charge >= 0.3 is 0 Å². The molecular weight excluding hydrogens is 162 g/mol. The van der Waals surface area contributed by atoms with Gasteiger partial charge in [0.05, 0.1) is 6.10 Å². The van der Waals surface area contributed by atoms with Crippen LogP contribution in [0.2, 0.25) is 0 Å². The molecule has 0 bridgehead atoms. The maximum absolute atomic E-state index is 9.53. The van der Waals surface area contributed by atoms with E-state index < -0.39 is 0 Å². The molecule has 0 aliphatic heterocycles. The topological polar surface area (TPSA) is 32.3 Å². The second-order valence-electron chi connectivity index (χ2n) is 4.64. The summed E-state index contributed by atoms with van der Waals surface area (Å²) in [5.74, 6) is 1.41. The number of hydrogen-bond donors (Lipinski definition) is 2. The van der Waals surface area contributed by atoms with Gasteiger partial charge in [-0.05, 0) is 44.1 Å². The molecule has 2 N–H and O–H groups in total. The Balaban J connectivity index is 1.83. The van der Waals surface area contributed by atoms with Crippen LogP contribution < -0.4 is 5.32 Å². The molecule has 2 nitrogen and oxygen atoms in total. The first-order valence-corrected chi connectivity index (χ1v) is 5.59. The summed E-state index contributed by atoms with van der Waals surface area (Å²) in [6.07, 6.45) is 4.89. The lowest BCUT2D eigenvalue weighted by Crippen LogP contribution is -2.29. The smallest absolute Gasteiger partial charge is 0.0692 e. The summed E-state index contributed by atoms with van der Waals surface area (Å²) in [5.41, 5.74) is 0. The van der Waals surface area contributed by atoms with E-state index in [1.807, 2.05) is 0 Å². The van der Waals surface area contributed by atoms with Crippen LogP contribution in [-0.2, 0) is 0 Å². The first kappa shape index (κ1) is 11.0. The van der Waals surface area contributed by atoms with Gasteiger partial charge in [-0.25, -0.2) is 0 Å². The summed E-state index contributed by atoms with van der Waals surface area (Å²) in [6, 6.07) is 0. The third kappa shape index (κ3) is 5.27. The zero-order valence-corrected chi connectivity index (χ0v) is 8.92. The van der Waals surface area contributed by atoms with E-state index in [2.05, 4.69) is 19.2 Å². The molecule has 13 heavy (non-hydrogen) atoms. The van der Waals surface area contributed by atoms with Crippen molar-refractivity contribution in [3.05, 3.63) is 0 Å². The summed E-state index contributed by atoms with van der Waals surface area (Å²) >= 11 is 0. The van der Waals surface area contributed by atoms with Gasteiger partial charge in [0.1, 0.15) is 0 Å². The standard InChI is InChI=1S/C11H23NO/c1-9(2)4-3-7-12-8-11(13)10-5-6-10/h9-13H,3-8H2,1-2H3. The largest absolute Gasteiger partial charge is 0.392 e. The number of aliphatic hydroxyl groups excluding tert-OH is 1. The highest BCUT2D eigenvalue weighted by Gasteiger charge is 2.28. The molecule has 0 saturated heterocycles. The highest BCUT2D eigenvalue weighted by atomic mass is 16.3. The van der Waals surface area contributed by atoms with E-state index in [0.717, 1.165) is 19.0 Å². The molecule has 1 aliphatic rings. The molecular formula is C11H23NO. The van der Waals surface area contributed by atoms with Crippen molar-refractivity contribution in [1.29, 1.82) is 0 Å². The average molecular weight is 185 g/mol. The SMILES string of the molecule is CC(C)CCCNCC(O)C1CC1. The summed E-state index contributed by atoms with van der Waals surface area (Å²) in [5, 5.41) is 12.8. The van der Waals surface area contributed by atoms with Crippen LogP contribution in [0, 0.1) is 11.8 Å². The Kier molecular flexibility index (Phi) is 4.74. The number of aliphatic hydroxyl groups is 1. The predicted octanol–water partition coefficient (Wildman–Crippen LogP) is 1.78. The fraction of sp³-hybridized carbons (Fsp3) is 1.00. The fourth-order valence-electron chi connectivity index (χ4n) is 1.53. The van der Waals surface area contributed by atoms with E-state index in [-0.39, 0.29) is 6.10 Å². The molecule has 1 fully saturated rings. The molecule has 0 radical (unpaired) electrons. The third-order valence-electron chi connectivity index (χ3n) is 2.65. The Morgan fingerprint density at radius 3 is 2.62 bits per heavy atom. The molecule has 0 aromatic carbocycles. The van der Waals surface area contributed by atoms with Crippen molar-refractivity contribution >= 4 is 0 Å². The van der Waals surface area contributed by atoms with E-state index in [1.54, 1.807) is 0 Å². The van der Waals surface area contributed by atoms with Crippen LogP contribution in [0.1, 0.15) is 39.5 Å². The van der Waals surface area contributed by atoms with Crippen molar-refractivity contribution in [2.24, 2.45) is 11.8 Å². The molecule has 1 unspecified atom stereocenters. The van der Waals surface area contributed by atoms with Crippen molar-refractivity contribution in [3.63, 3.8) is 0 Å². The van der Waals surface area contributed by atoms with Crippen LogP contribution in [0.25, 0.3) is 0 Å². The molecule has 78 valence electrons. The minimum atomic E-state index is -0.0842. The van der Waals surface area contributed by atoms with Crippen molar-refractivity contribution in [2.45, 2.75) is 45.6 Å². The van der Waals surface area contributed by atoms with Crippen molar-refractivity contribution in [2.75, 3.05) is 13.1 Å². The highest BCUT2D eigenvalue weighted by molar-refractivity contribution is 4.81. The van der Waals surface area contributed by atoms with Crippen LogP contribution in [0.15, 0.2) is 0 Å². The van der Waals surface area contributed by atoms with Gasteiger partial charge in [-0.1, -0.05) is 13.8 Å². The van der Waals surface area contributed by atoms with E-state index >= 15 is 0 Å². The van der Waals surface area contributed by atoms with Crippen molar-refractivity contribution in [1.82, 2.24) is 5.32 Å². The van der Waals surface area contributed by atoms with Crippen molar-refractivity contribution in [3.8, 4) is 0 Å². The third-order valence-corrected chi connectivity index (χ3v) is 2.65. The van der Waals surface area contributed by atoms with Gasteiger partial charge in [0.2, 0.25) is 0 Å². The van der Waals surface area contributed by atoms with Gasteiger partial charge in [-0.15, -0.1) is 0 Å². The van der Waals surface area contributed by atoms with Crippen LogP contribution in [0.5, 0.6) is 0 Å². The van der Waals surface area contributed by atoms with Gasteiger partial charge in [0.25, 0.3) is 0 Å². The molecule has 0 spiro atoms. The van der Waals surface area contributed by atoms with E-state index in [4.69, 9.17) is 0 Å². The summed E-state index contributed by atoms with van der Waals surface area (Å²) in [7, 11) is 0. The van der Waals surface area contributed by atoms with Crippen LogP contribution in [0.4, 0.5) is 0 Å². The van der Waals surface area contributed by atoms with Gasteiger partial charge in [-0.2, -0.15) is 0 Å². The molecule has 1 aliphatic carbocycles. The fourth-order valence-corrected chi connectivity index (χ4v) is 1.53. The first-order chi connectivity index (χ1) is 6.20. The first-order valence-electron chi connectivity index (χ1n) is 5.59. The Morgan fingerprint density at radius 1 is 1.38 bits per heavy atom. The predicted molar refractivity (Wildman–Crippen MR) is 55.7 cm³/mol. The zero-order valence-electron chi connectivity index (χ0n) is 8.92. The van der Waals surface area contributed by atoms with E-state index in [9.17, 15) is 5.11 Å². The minimum absolute atomic E-state index is 0.0842. The monoisotopic (exact) mass is 185 g/mol. The molecule has 1 atom stereocenters. The molecule has 1 saturated carbocycles. The highest BCUT2D eigenvalue weighted by Crippen LogP contribution is 2.32. The Hall–Kier alpha value is -0.0800. The van der Waals surface area contributed by atoms with Crippen LogP contribution in [0.3, 0.4) is 0 Å². The van der Waals surface area contributed by atoms with Gasteiger partial charge in [-0.3, -0.25) is 0 Å². The Labute approximate surface area is 81.7 Å². The summed E-state index contributed by atoms with van der Waals surface area (Å²) in [6.45, 7) is 6.35. The molecule has 0 amide bonds. The number of hydrogen-bond acceptors (Lipinski definition) is 2. The maximum atomic E-state index is 9.53. The van der Waals surface area contributed by atoms with Gasteiger partial charge < -0.3 is 10.4 Å². The molecule has 0 aromatic heterocycles. The van der Waals surface area contributed by atoms with Crippen LogP contribution in [-0.4, -0.2) is 24.3 Å². The average Bonchev–Trinajstić information content (AvgIpc) is 2.85. The lowest BCUT2D eigenvalue weighted by molar-refractivity contribution is 0.149. The van der Waals surface area contributed by atoms with Gasteiger partial charge in [0.15, 0.2) is 0 Å². The Bertz CT molecular complexity index is 132. The number of rotatable bonds is 7. The Morgan fingerprint density at radius 2 is 2.08 bits per heavy atom. The lowest BCUT2D eigenvalue weighted by Gasteiger charge is -2.10. The van der Waals surface area contributed by atoms with Gasteiger partial charge in [0, 0.05) is 6.54 Å². The lowest BCUT2D eigenvalue weighted by atomic mass is 10.1. The maximum Gasteiger partial charge on any atom is 0.0692 e. The summed E-state index contributed by atoms with van der Waals surface area (Å²) < 4.78 is 0. The second-order valence-corrected chi connectivity index (χ2v) is 4.64. The molecule has 2 heteroatoms.